The third-order valence-electron chi connectivity index (χ3n) is 5.49. The number of aliphatic imine (C=N–C) groups is 1. The lowest BCUT2D eigenvalue weighted by Crippen LogP contribution is -2.57. The molecule has 2 aliphatic heterocycles. The van der Waals surface area contributed by atoms with Gasteiger partial charge in [-0.3, -0.25) is 18.9 Å². The first kappa shape index (κ1) is 26.6. The molecule has 1 N–H and O–H groups in total. The number of nitrogens with one attached hydrogen (secondary N) is 1. The van der Waals surface area contributed by atoms with Crippen LogP contribution in [0.15, 0.2) is 4.99 Å². The van der Waals surface area contributed by atoms with Crippen molar-refractivity contribution in [2.24, 2.45) is 4.99 Å². The Bertz CT molecular complexity index is 568. The molecule has 0 aliphatic carbocycles. The molecule has 1 amide bonds. The maximum atomic E-state index is 12.7. The van der Waals surface area contributed by atoms with E-state index in [1.165, 1.54) is 0 Å². The van der Waals surface area contributed by atoms with E-state index in [1.54, 1.807) is 0 Å². The molecule has 0 spiro atoms. The number of hydrogen-bond donors (Lipinski definition) is 1. The van der Waals surface area contributed by atoms with Crippen LogP contribution < -0.4 is 5.32 Å². The van der Waals surface area contributed by atoms with Gasteiger partial charge in [-0.2, -0.15) is 0 Å². The molecular formula is C20H40IN5O2S. The number of rotatable bonds is 6. The number of nitrogens with zero attached hydrogens (tertiary/aromatic N) is 4. The molecule has 0 saturated carbocycles. The average molecular weight is 542 g/mol. The first-order valence-corrected chi connectivity index (χ1v) is 12.0. The normalized spacial score (nSPS) is 20.9. The lowest BCUT2D eigenvalue weighted by Gasteiger charge is -2.39. The zero-order valence-corrected chi connectivity index (χ0v) is 21.9. The Morgan fingerprint density at radius 3 is 2.17 bits per heavy atom. The highest BCUT2D eigenvalue weighted by molar-refractivity contribution is 14.0. The molecule has 2 rings (SSSR count). The van der Waals surface area contributed by atoms with Crippen molar-refractivity contribution in [2.45, 2.75) is 58.2 Å². The van der Waals surface area contributed by atoms with Gasteiger partial charge in [0.15, 0.2) is 5.96 Å². The lowest BCUT2D eigenvalue weighted by molar-refractivity contribution is -0.135. The summed E-state index contributed by atoms with van der Waals surface area (Å²) in [4.78, 5) is 23.9. The molecule has 0 aromatic carbocycles. The summed E-state index contributed by atoms with van der Waals surface area (Å²) in [5.74, 6) is 1.75. The SMILES string of the molecule is CCNC(=NCCS(=O)C(C)(C)C)N1CCN(C(C)C(=O)N2CCCC2)CC1.I. The zero-order chi connectivity index (χ0) is 20.7. The first-order valence-electron chi connectivity index (χ1n) is 10.7. The van der Waals surface area contributed by atoms with Crippen LogP contribution >= 0.6 is 24.0 Å². The minimum atomic E-state index is -0.885. The molecule has 2 aliphatic rings. The van der Waals surface area contributed by atoms with Gasteiger partial charge in [0.1, 0.15) is 0 Å². The molecule has 0 aromatic heterocycles. The third-order valence-corrected chi connectivity index (χ3v) is 7.41. The average Bonchev–Trinajstić information content (AvgIpc) is 3.20. The molecule has 29 heavy (non-hydrogen) atoms. The number of hydrogen-bond acceptors (Lipinski definition) is 4. The van der Waals surface area contributed by atoms with E-state index in [0.29, 0.717) is 12.3 Å². The molecule has 0 aromatic rings. The molecule has 2 unspecified atom stereocenters. The second-order valence-corrected chi connectivity index (χ2v) is 11.0. The predicted molar refractivity (Wildman–Crippen MR) is 133 cm³/mol. The minimum absolute atomic E-state index is 0. The predicted octanol–water partition coefficient (Wildman–Crippen LogP) is 1.75. The number of carbonyl (C=O) groups excluding carboxylic acids is 1. The molecule has 170 valence electrons. The summed E-state index contributed by atoms with van der Waals surface area (Å²) in [5.41, 5.74) is 0. The summed E-state index contributed by atoms with van der Waals surface area (Å²) >= 11 is 0. The lowest BCUT2D eigenvalue weighted by atomic mass is 10.2. The van der Waals surface area contributed by atoms with Gasteiger partial charge < -0.3 is 15.1 Å². The Hall–Kier alpha value is -0.420. The summed E-state index contributed by atoms with van der Waals surface area (Å²) < 4.78 is 12.0. The number of piperazine rings is 1. The van der Waals surface area contributed by atoms with Crippen molar-refractivity contribution in [3.05, 3.63) is 0 Å². The van der Waals surface area contributed by atoms with E-state index < -0.39 is 10.8 Å². The third kappa shape index (κ3) is 7.97. The Morgan fingerprint density at radius 2 is 1.66 bits per heavy atom. The van der Waals surface area contributed by atoms with E-state index in [9.17, 15) is 9.00 Å². The summed E-state index contributed by atoms with van der Waals surface area (Å²) in [6, 6.07) is -0.0472. The zero-order valence-electron chi connectivity index (χ0n) is 18.8. The summed E-state index contributed by atoms with van der Waals surface area (Å²) in [6.07, 6.45) is 2.27. The Labute approximate surface area is 196 Å². The van der Waals surface area contributed by atoms with Crippen LogP contribution in [0.1, 0.15) is 47.5 Å². The highest BCUT2D eigenvalue weighted by Crippen LogP contribution is 2.14. The van der Waals surface area contributed by atoms with E-state index >= 15 is 0 Å². The number of carbonyl (C=O) groups is 1. The van der Waals surface area contributed by atoms with Crippen LogP contribution in [0.2, 0.25) is 0 Å². The van der Waals surface area contributed by atoms with Gasteiger partial charge in [0.05, 0.1) is 12.6 Å². The van der Waals surface area contributed by atoms with Crippen molar-refractivity contribution >= 4 is 46.6 Å². The molecule has 7 nitrogen and oxygen atoms in total. The van der Waals surface area contributed by atoms with E-state index in [2.05, 4.69) is 22.0 Å². The quantitative estimate of drug-likeness (QED) is 0.316. The fourth-order valence-corrected chi connectivity index (χ4v) is 4.51. The van der Waals surface area contributed by atoms with Gasteiger partial charge in [-0.25, -0.2) is 0 Å². The summed E-state index contributed by atoms with van der Waals surface area (Å²) in [7, 11) is -0.885. The number of likely N-dealkylation sites (tertiary alicyclic amines) is 1. The Kier molecular flexibility index (Phi) is 11.4. The Balaban J connectivity index is 0.00000420. The van der Waals surface area contributed by atoms with Gasteiger partial charge in [-0.15, -0.1) is 24.0 Å². The van der Waals surface area contributed by atoms with Crippen LogP contribution in [0.3, 0.4) is 0 Å². The number of halogens is 1. The van der Waals surface area contributed by atoms with Crippen LogP contribution in [0.25, 0.3) is 0 Å². The summed E-state index contributed by atoms with van der Waals surface area (Å²) in [6.45, 7) is 16.7. The van der Waals surface area contributed by atoms with Crippen molar-refractivity contribution in [2.75, 3.05) is 58.1 Å². The smallest absolute Gasteiger partial charge is 0.239 e. The monoisotopic (exact) mass is 541 g/mol. The van der Waals surface area contributed by atoms with Gasteiger partial charge in [-0.05, 0) is 47.5 Å². The Morgan fingerprint density at radius 1 is 1.07 bits per heavy atom. The van der Waals surface area contributed by atoms with Gasteiger partial charge in [0.25, 0.3) is 0 Å². The largest absolute Gasteiger partial charge is 0.357 e. The van der Waals surface area contributed by atoms with Crippen molar-refractivity contribution in [3.8, 4) is 0 Å². The van der Waals surface area contributed by atoms with E-state index in [1.807, 2.05) is 32.6 Å². The van der Waals surface area contributed by atoms with Crippen LogP contribution in [-0.2, 0) is 15.6 Å². The molecular weight excluding hydrogens is 501 g/mol. The van der Waals surface area contributed by atoms with Crippen LogP contribution in [0.5, 0.6) is 0 Å². The van der Waals surface area contributed by atoms with Gasteiger partial charge in [0.2, 0.25) is 5.91 Å². The van der Waals surface area contributed by atoms with Crippen molar-refractivity contribution in [1.29, 1.82) is 0 Å². The van der Waals surface area contributed by atoms with Gasteiger partial charge in [0, 0.05) is 67.1 Å². The molecule has 2 atom stereocenters. The fourth-order valence-electron chi connectivity index (χ4n) is 3.65. The second kappa shape index (κ2) is 12.4. The standard InChI is InChI=1S/C20H39N5O2S.HI/c1-6-21-19(22-9-16-28(27)20(3,4)5)25-14-12-23(13-15-25)17(2)18(26)24-10-7-8-11-24;/h17H,6-16H2,1-5H3,(H,21,22);1H. The van der Waals surface area contributed by atoms with E-state index in [-0.39, 0.29) is 40.7 Å². The minimum Gasteiger partial charge on any atom is -0.357 e. The molecule has 0 bridgehead atoms. The summed E-state index contributed by atoms with van der Waals surface area (Å²) in [5, 5.41) is 3.36. The van der Waals surface area contributed by atoms with E-state index in [4.69, 9.17) is 4.99 Å². The number of guanidine groups is 1. The first-order chi connectivity index (χ1) is 13.2. The van der Waals surface area contributed by atoms with Crippen LogP contribution in [0.4, 0.5) is 0 Å². The number of amides is 1. The fraction of sp³-hybridized carbons (Fsp3) is 0.900. The van der Waals surface area contributed by atoms with E-state index in [0.717, 1.165) is 64.6 Å². The molecule has 9 heteroatoms. The molecule has 2 saturated heterocycles. The van der Waals surface area contributed by atoms with Crippen LogP contribution in [0, 0.1) is 0 Å². The molecule has 2 fully saturated rings. The second-order valence-electron chi connectivity index (χ2n) is 8.63. The van der Waals surface area contributed by atoms with Crippen molar-refractivity contribution < 1.29 is 9.00 Å². The van der Waals surface area contributed by atoms with Crippen LogP contribution in [-0.4, -0.2) is 99.7 Å². The molecule has 0 radical (unpaired) electrons. The maximum Gasteiger partial charge on any atom is 0.239 e. The highest BCUT2D eigenvalue weighted by Gasteiger charge is 2.30. The maximum absolute atomic E-state index is 12.7. The topological polar surface area (TPSA) is 68.2 Å². The van der Waals surface area contributed by atoms with Crippen molar-refractivity contribution in [3.63, 3.8) is 0 Å². The van der Waals surface area contributed by atoms with Crippen molar-refractivity contribution in [1.82, 2.24) is 20.0 Å². The van der Waals surface area contributed by atoms with Gasteiger partial charge >= 0.3 is 0 Å². The highest BCUT2D eigenvalue weighted by atomic mass is 127. The van der Waals surface area contributed by atoms with Gasteiger partial charge in [-0.1, -0.05) is 0 Å². The molecule has 2 heterocycles.